The van der Waals surface area contributed by atoms with Crippen molar-refractivity contribution in [3.05, 3.63) is 0 Å². The molecule has 0 saturated heterocycles. The molecule has 0 aliphatic carbocycles. The third kappa shape index (κ3) is 20.8. The molecular formula is C26H50N2O5. The third-order valence-electron chi connectivity index (χ3n) is 5.79. The van der Waals surface area contributed by atoms with Crippen molar-refractivity contribution in [1.29, 1.82) is 0 Å². The molecule has 7 heteroatoms. The molecule has 0 aromatic carbocycles. The zero-order chi connectivity index (χ0) is 24.7. The molecule has 2 atom stereocenters. The van der Waals surface area contributed by atoms with E-state index in [1.54, 1.807) is 0 Å². The molecule has 0 fully saturated rings. The Morgan fingerprint density at radius 1 is 0.667 bits per heavy atom. The molecule has 0 aliphatic heterocycles. The maximum atomic E-state index is 11.9. The average molecular weight is 471 g/mol. The van der Waals surface area contributed by atoms with Gasteiger partial charge in [-0.1, -0.05) is 103 Å². The summed E-state index contributed by atoms with van der Waals surface area (Å²) in [6.07, 6.45) is 20.6. The summed E-state index contributed by atoms with van der Waals surface area (Å²) < 4.78 is 9.70. The number of nitrogens with two attached hydrogens (primary N) is 2. The molecule has 0 aromatic rings. The van der Waals surface area contributed by atoms with E-state index < -0.39 is 30.0 Å². The number of carbonyl (C=O) groups is 3. The van der Waals surface area contributed by atoms with E-state index in [9.17, 15) is 14.4 Å². The highest BCUT2D eigenvalue weighted by Crippen LogP contribution is 2.13. The topological polar surface area (TPSA) is 122 Å². The van der Waals surface area contributed by atoms with Gasteiger partial charge in [-0.05, 0) is 19.8 Å². The summed E-state index contributed by atoms with van der Waals surface area (Å²) >= 11 is 0. The van der Waals surface area contributed by atoms with E-state index >= 15 is 0 Å². The molecule has 4 N–H and O–H groups in total. The lowest BCUT2D eigenvalue weighted by molar-refractivity contribution is -0.160. The van der Waals surface area contributed by atoms with Crippen molar-refractivity contribution in [2.24, 2.45) is 11.5 Å². The van der Waals surface area contributed by atoms with Crippen molar-refractivity contribution in [1.82, 2.24) is 0 Å². The van der Waals surface area contributed by atoms with Gasteiger partial charge in [-0.2, -0.15) is 0 Å². The largest absolute Gasteiger partial charge is 0.465 e. The quantitative estimate of drug-likeness (QED) is 0.125. The Morgan fingerprint density at radius 2 is 1.09 bits per heavy atom. The molecule has 0 amide bonds. The highest BCUT2D eigenvalue weighted by molar-refractivity contribution is 5.88. The molecule has 0 radical (unpaired) electrons. The Morgan fingerprint density at radius 3 is 1.52 bits per heavy atom. The normalized spacial score (nSPS) is 12.8. The summed E-state index contributed by atoms with van der Waals surface area (Å²) in [7, 11) is 0. The maximum absolute atomic E-state index is 11.9. The summed E-state index contributed by atoms with van der Waals surface area (Å²) in [6.45, 7) is 4.04. The Labute approximate surface area is 201 Å². The number of carbonyl (C=O) groups excluding carboxylic acids is 3. The maximum Gasteiger partial charge on any atom is 0.330 e. The molecule has 33 heavy (non-hydrogen) atoms. The number of hydrogen-bond donors (Lipinski definition) is 2. The third-order valence-corrected chi connectivity index (χ3v) is 5.79. The summed E-state index contributed by atoms with van der Waals surface area (Å²) in [5.41, 5.74) is 11.1. The van der Waals surface area contributed by atoms with Crippen molar-refractivity contribution in [2.45, 2.75) is 142 Å². The van der Waals surface area contributed by atoms with Crippen LogP contribution in [0.1, 0.15) is 129 Å². The average Bonchev–Trinajstić information content (AvgIpc) is 2.79. The van der Waals surface area contributed by atoms with Gasteiger partial charge in [0.2, 0.25) is 0 Å². The number of rotatable bonds is 22. The van der Waals surface area contributed by atoms with Gasteiger partial charge in [0.05, 0.1) is 6.61 Å². The lowest BCUT2D eigenvalue weighted by Crippen LogP contribution is -2.34. The van der Waals surface area contributed by atoms with Crippen LogP contribution in [0.4, 0.5) is 0 Å². The van der Waals surface area contributed by atoms with Gasteiger partial charge in [0.25, 0.3) is 0 Å². The fraction of sp³-hybridized carbons (Fsp3) is 0.885. The van der Waals surface area contributed by atoms with Crippen LogP contribution in [0.25, 0.3) is 0 Å². The second-order valence-electron chi connectivity index (χ2n) is 9.20. The van der Waals surface area contributed by atoms with Crippen LogP contribution in [0.15, 0.2) is 0 Å². The van der Waals surface area contributed by atoms with Crippen molar-refractivity contribution < 1.29 is 23.9 Å². The van der Waals surface area contributed by atoms with E-state index in [0.717, 1.165) is 19.3 Å². The van der Waals surface area contributed by atoms with Crippen LogP contribution in [0.3, 0.4) is 0 Å². The van der Waals surface area contributed by atoms with Gasteiger partial charge in [0.15, 0.2) is 0 Å². The Balaban J connectivity index is 3.42. The first kappa shape index (κ1) is 31.5. The van der Waals surface area contributed by atoms with Gasteiger partial charge >= 0.3 is 17.9 Å². The first-order valence-corrected chi connectivity index (χ1v) is 13.3. The van der Waals surface area contributed by atoms with Crippen LogP contribution >= 0.6 is 0 Å². The molecular weight excluding hydrogens is 420 g/mol. The fourth-order valence-electron chi connectivity index (χ4n) is 3.58. The minimum atomic E-state index is -0.899. The Kier molecular flexibility index (Phi) is 21.3. The molecule has 7 nitrogen and oxygen atoms in total. The Hall–Kier alpha value is -1.47. The molecule has 0 saturated carbocycles. The van der Waals surface area contributed by atoms with Crippen molar-refractivity contribution in [3.8, 4) is 0 Å². The van der Waals surface area contributed by atoms with E-state index in [1.165, 1.54) is 90.4 Å². The zero-order valence-corrected chi connectivity index (χ0v) is 21.3. The molecule has 0 bridgehead atoms. The van der Waals surface area contributed by atoms with E-state index in [-0.39, 0.29) is 12.8 Å². The monoisotopic (exact) mass is 470 g/mol. The second kappa shape index (κ2) is 22.3. The smallest absolute Gasteiger partial charge is 0.330 e. The number of ether oxygens (including phenoxy) is 2. The van der Waals surface area contributed by atoms with Gasteiger partial charge in [0, 0.05) is 6.42 Å². The highest BCUT2D eigenvalue weighted by Gasteiger charge is 2.19. The van der Waals surface area contributed by atoms with Crippen molar-refractivity contribution in [2.75, 3.05) is 6.61 Å². The fourth-order valence-corrected chi connectivity index (χ4v) is 3.58. The minimum absolute atomic E-state index is 0.0723. The van der Waals surface area contributed by atoms with Gasteiger partial charge in [-0.15, -0.1) is 0 Å². The van der Waals surface area contributed by atoms with Gasteiger partial charge < -0.3 is 20.9 Å². The van der Waals surface area contributed by atoms with Crippen LogP contribution in [0.2, 0.25) is 0 Å². The molecule has 0 unspecified atom stereocenters. The predicted octanol–water partition coefficient (Wildman–Crippen LogP) is 5.32. The van der Waals surface area contributed by atoms with Crippen molar-refractivity contribution in [3.63, 3.8) is 0 Å². The minimum Gasteiger partial charge on any atom is -0.465 e. The van der Waals surface area contributed by atoms with Crippen LogP contribution in [-0.4, -0.2) is 36.6 Å². The predicted molar refractivity (Wildman–Crippen MR) is 132 cm³/mol. The Bertz CT molecular complexity index is 511. The number of esters is 3. The van der Waals surface area contributed by atoms with Gasteiger partial charge in [-0.3, -0.25) is 9.59 Å². The lowest BCUT2D eigenvalue weighted by atomic mass is 10.0. The second-order valence-corrected chi connectivity index (χ2v) is 9.20. The van der Waals surface area contributed by atoms with E-state index in [1.807, 2.05) is 0 Å². The van der Waals surface area contributed by atoms with Crippen LogP contribution < -0.4 is 11.5 Å². The highest BCUT2D eigenvalue weighted by atomic mass is 16.6. The van der Waals surface area contributed by atoms with Crippen LogP contribution in [-0.2, 0) is 23.9 Å². The van der Waals surface area contributed by atoms with E-state index in [2.05, 4.69) is 11.7 Å². The zero-order valence-electron chi connectivity index (χ0n) is 21.3. The SMILES string of the molecule is CCCCCCCCCCCCCCCCCCOC(=O)[C@@H](N)CCC(=O)OC(=O)[C@H](C)N. The number of unbranched alkanes of at least 4 members (excludes halogenated alkanes) is 15. The lowest BCUT2D eigenvalue weighted by Gasteiger charge is -2.11. The van der Waals surface area contributed by atoms with Crippen LogP contribution in [0.5, 0.6) is 0 Å². The molecule has 0 aromatic heterocycles. The molecule has 0 rings (SSSR count). The summed E-state index contributed by atoms with van der Waals surface area (Å²) in [4.78, 5) is 34.6. The summed E-state index contributed by atoms with van der Waals surface area (Å²) in [5, 5.41) is 0. The first-order chi connectivity index (χ1) is 15.9. The molecule has 0 heterocycles. The molecule has 0 spiro atoms. The van der Waals surface area contributed by atoms with E-state index in [0.29, 0.717) is 6.61 Å². The molecule has 194 valence electrons. The van der Waals surface area contributed by atoms with Gasteiger partial charge in [-0.25, -0.2) is 4.79 Å². The van der Waals surface area contributed by atoms with Crippen molar-refractivity contribution >= 4 is 17.9 Å². The summed E-state index contributed by atoms with van der Waals surface area (Å²) in [6, 6.07) is -1.77. The first-order valence-electron chi connectivity index (χ1n) is 13.3. The van der Waals surface area contributed by atoms with E-state index in [4.69, 9.17) is 16.2 Å². The van der Waals surface area contributed by atoms with Crippen LogP contribution in [0, 0.1) is 0 Å². The van der Waals surface area contributed by atoms with Gasteiger partial charge in [0.1, 0.15) is 12.1 Å². The molecule has 0 aliphatic rings. The summed E-state index contributed by atoms with van der Waals surface area (Å²) in [5.74, 6) is -2.06. The standard InChI is InChI=1S/C26H50N2O5/c1-3-4-5-6-7-8-9-10-11-12-13-14-15-16-17-18-21-32-26(31)23(28)19-20-24(29)33-25(30)22(2)27/h22-23H,3-21,27-28H2,1-2H3/t22-,23-/m0/s1. The number of hydrogen-bond acceptors (Lipinski definition) is 7.